The average Bonchev–Trinajstić information content (AvgIpc) is 3.07. The molecule has 2 aromatic heterocycles. The van der Waals surface area contributed by atoms with Gasteiger partial charge in [0.25, 0.3) is 0 Å². The fourth-order valence-electron chi connectivity index (χ4n) is 1.75. The number of furan rings is 1. The third-order valence-corrected chi connectivity index (χ3v) is 3.97. The van der Waals surface area contributed by atoms with E-state index in [1.165, 1.54) is 18.3 Å². The molecule has 0 saturated carbocycles. The first-order valence-corrected chi connectivity index (χ1v) is 7.27. The van der Waals surface area contributed by atoms with Crippen LogP contribution in [0.5, 0.6) is 0 Å². The van der Waals surface area contributed by atoms with Crippen molar-refractivity contribution in [3.8, 4) is 0 Å². The van der Waals surface area contributed by atoms with Gasteiger partial charge in [0.1, 0.15) is 10.6 Å². The summed E-state index contributed by atoms with van der Waals surface area (Å²) in [7, 11) is 1.82. The van der Waals surface area contributed by atoms with Gasteiger partial charge in [-0.3, -0.25) is 4.79 Å². The van der Waals surface area contributed by atoms with Crippen molar-refractivity contribution in [3.63, 3.8) is 0 Å². The number of esters is 1. The van der Waals surface area contributed by atoms with Crippen molar-refractivity contribution in [2.75, 3.05) is 18.6 Å². The van der Waals surface area contributed by atoms with Crippen molar-refractivity contribution in [1.82, 2.24) is 4.98 Å². The smallest absolute Gasteiger partial charge is 0.358 e. The van der Waals surface area contributed by atoms with Gasteiger partial charge >= 0.3 is 5.97 Å². The molecule has 0 unspecified atom stereocenters. The zero-order valence-electron chi connectivity index (χ0n) is 12.1. The largest absolute Gasteiger partial charge is 0.467 e. The Hall–Kier alpha value is -2.15. The number of carbonyl (C=O) groups excluding carboxylic acids is 2. The molecule has 2 aromatic rings. The van der Waals surface area contributed by atoms with Gasteiger partial charge in [-0.05, 0) is 19.1 Å². The molecule has 0 bridgehead atoms. The molecule has 0 amide bonds. The minimum absolute atomic E-state index is 0.0793. The van der Waals surface area contributed by atoms with Gasteiger partial charge in [-0.15, -0.1) is 0 Å². The molecule has 7 heteroatoms. The zero-order valence-corrected chi connectivity index (χ0v) is 12.9. The van der Waals surface area contributed by atoms with Crippen LogP contribution in [-0.4, -0.2) is 30.4 Å². The van der Waals surface area contributed by atoms with Crippen molar-refractivity contribution in [2.45, 2.75) is 20.4 Å². The van der Waals surface area contributed by atoms with E-state index in [0.717, 1.165) is 5.76 Å². The molecule has 21 heavy (non-hydrogen) atoms. The lowest BCUT2D eigenvalue weighted by Gasteiger charge is -2.13. The van der Waals surface area contributed by atoms with Crippen LogP contribution in [0, 0.1) is 0 Å². The molecule has 6 nitrogen and oxygen atoms in total. The van der Waals surface area contributed by atoms with Crippen LogP contribution < -0.4 is 4.90 Å². The van der Waals surface area contributed by atoms with Crippen molar-refractivity contribution >= 4 is 28.2 Å². The molecule has 0 aliphatic rings. The highest BCUT2D eigenvalue weighted by Crippen LogP contribution is 2.27. The van der Waals surface area contributed by atoms with E-state index in [4.69, 9.17) is 9.15 Å². The van der Waals surface area contributed by atoms with Crippen molar-refractivity contribution in [2.24, 2.45) is 0 Å². The van der Waals surface area contributed by atoms with E-state index >= 15 is 0 Å². The Kier molecular flexibility index (Phi) is 4.74. The number of thiazole rings is 1. The summed E-state index contributed by atoms with van der Waals surface area (Å²) in [6.07, 6.45) is 1.59. The van der Waals surface area contributed by atoms with Gasteiger partial charge in [0.2, 0.25) is 0 Å². The zero-order chi connectivity index (χ0) is 15.4. The summed E-state index contributed by atoms with van der Waals surface area (Å²) in [6.45, 7) is 3.86. The second kappa shape index (κ2) is 6.53. The summed E-state index contributed by atoms with van der Waals surface area (Å²) >= 11 is 1.17. The number of nitrogens with zero attached hydrogens (tertiary/aromatic N) is 2. The number of hydrogen-bond donors (Lipinski definition) is 0. The number of Topliss-reactive ketones (excluding diaryl/α,β-unsaturated/α-hetero) is 1. The molecule has 0 radical (unpaired) electrons. The van der Waals surface area contributed by atoms with Crippen LogP contribution in [0.15, 0.2) is 22.8 Å². The van der Waals surface area contributed by atoms with Gasteiger partial charge in [-0.25, -0.2) is 9.78 Å². The molecule has 0 N–H and O–H groups in total. The first kappa shape index (κ1) is 15.2. The molecular weight excluding hydrogens is 292 g/mol. The predicted octanol–water partition coefficient (Wildman–Crippen LogP) is 2.75. The minimum Gasteiger partial charge on any atom is -0.467 e. The fraction of sp³-hybridized carbons (Fsp3) is 0.357. The molecule has 0 aliphatic heterocycles. The van der Waals surface area contributed by atoms with Gasteiger partial charge in [0, 0.05) is 14.0 Å². The molecule has 2 heterocycles. The van der Waals surface area contributed by atoms with Gasteiger partial charge in [0.05, 0.1) is 19.4 Å². The number of carbonyl (C=O) groups is 2. The first-order valence-electron chi connectivity index (χ1n) is 6.45. The first-order chi connectivity index (χ1) is 10.0. The average molecular weight is 308 g/mol. The van der Waals surface area contributed by atoms with E-state index in [9.17, 15) is 9.59 Å². The number of hydrogen-bond acceptors (Lipinski definition) is 7. The van der Waals surface area contributed by atoms with E-state index < -0.39 is 5.97 Å². The van der Waals surface area contributed by atoms with Crippen LogP contribution in [0.2, 0.25) is 0 Å². The predicted molar refractivity (Wildman–Crippen MR) is 78.9 cm³/mol. The fourth-order valence-corrected chi connectivity index (χ4v) is 2.66. The molecule has 0 saturated heterocycles. The topological polar surface area (TPSA) is 72.6 Å². The third kappa shape index (κ3) is 3.49. The maximum atomic E-state index is 11.9. The maximum absolute atomic E-state index is 11.9. The van der Waals surface area contributed by atoms with E-state index in [1.54, 1.807) is 19.3 Å². The van der Waals surface area contributed by atoms with Crippen LogP contribution >= 0.6 is 11.3 Å². The van der Waals surface area contributed by atoms with E-state index in [2.05, 4.69) is 4.98 Å². The molecule has 0 fully saturated rings. The van der Waals surface area contributed by atoms with Gasteiger partial charge in [-0.2, -0.15) is 0 Å². The lowest BCUT2D eigenvalue weighted by atomic mass is 10.3. The highest BCUT2D eigenvalue weighted by molar-refractivity contribution is 7.17. The van der Waals surface area contributed by atoms with Gasteiger partial charge in [-0.1, -0.05) is 11.3 Å². The SMILES string of the molecule is CCOC(=O)c1nc(N(C)Cc2ccco2)sc1C(C)=O. The van der Waals surface area contributed by atoms with Crippen LogP contribution in [0.3, 0.4) is 0 Å². The van der Waals surface area contributed by atoms with Crippen LogP contribution in [0.4, 0.5) is 5.13 Å². The number of rotatable bonds is 6. The standard InChI is InChI=1S/C14H16N2O4S/c1-4-19-13(18)11-12(9(2)17)21-14(15-11)16(3)8-10-6-5-7-20-10/h5-7H,4,8H2,1-3H3. The molecule has 2 rings (SSSR count). The van der Waals surface area contributed by atoms with E-state index in [0.29, 0.717) is 16.6 Å². The Balaban J connectivity index is 2.26. The Bertz CT molecular complexity index is 633. The summed E-state index contributed by atoms with van der Waals surface area (Å²) in [6, 6.07) is 3.65. The Morgan fingerprint density at radius 1 is 1.48 bits per heavy atom. The molecule has 0 aliphatic carbocycles. The number of ketones is 1. The summed E-state index contributed by atoms with van der Waals surface area (Å²) in [5.74, 6) is -0.000407. The Labute approximate surface area is 126 Å². The van der Waals surface area contributed by atoms with Gasteiger partial charge in [0.15, 0.2) is 16.6 Å². The lowest BCUT2D eigenvalue weighted by molar-refractivity contribution is 0.0517. The molecule has 0 atom stereocenters. The van der Waals surface area contributed by atoms with Crippen LogP contribution in [0.25, 0.3) is 0 Å². The highest BCUT2D eigenvalue weighted by atomic mass is 32.1. The van der Waals surface area contributed by atoms with Crippen LogP contribution in [0.1, 0.15) is 39.8 Å². The number of aromatic nitrogens is 1. The summed E-state index contributed by atoms with van der Waals surface area (Å²) in [4.78, 5) is 29.9. The van der Waals surface area contributed by atoms with Crippen molar-refractivity contribution < 1.29 is 18.7 Å². The maximum Gasteiger partial charge on any atom is 0.358 e. The molecular formula is C14H16N2O4S. The lowest BCUT2D eigenvalue weighted by Crippen LogP contribution is -2.16. The summed E-state index contributed by atoms with van der Waals surface area (Å²) < 4.78 is 10.2. The van der Waals surface area contributed by atoms with E-state index in [1.807, 2.05) is 18.0 Å². The number of ether oxygens (including phenoxy) is 1. The second-order valence-corrected chi connectivity index (χ2v) is 5.36. The number of anilines is 1. The molecule has 112 valence electrons. The molecule has 0 aromatic carbocycles. The summed E-state index contributed by atoms with van der Waals surface area (Å²) in [5, 5.41) is 0.569. The third-order valence-electron chi connectivity index (χ3n) is 2.70. The monoisotopic (exact) mass is 308 g/mol. The van der Waals surface area contributed by atoms with E-state index in [-0.39, 0.29) is 18.1 Å². The summed E-state index contributed by atoms with van der Waals surface area (Å²) in [5.41, 5.74) is 0.0793. The highest BCUT2D eigenvalue weighted by Gasteiger charge is 2.23. The normalized spacial score (nSPS) is 10.4. The Morgan fingerprint density at radius 3 is 2.81 bits per heavy atom. The Morgan fingerprint density at radius 2 is 2.24 bits per heavy atom. The molecule has 0 spiro atoms. The van der Waals surface area contributed by atoms with Gasteiger partial charge < -0.3 is 14.1 Å². The van der Waals surface area contributed by atoms with Crippen molar-refractivity contribution in [3.05, 3.63) is 34.7 Å². The van der Waals surface area contributed by atoms with Crippen LogP contribution in [-0.2, 0) is 11.3 Å². The minimum atomic E-state index is -0.573. The quantitative estimate of drug-likeness (QED) is 0.603. The van der Waals surface area contributed by atoms with Crippen molar-refractivity contribution in [1.29, 1.82) is 0 Å². The second-order valence-electron chi connectivity index (χ2n) is 4.39.